The number of hydrogen-bond donors (Lipinski definition) is 2. The third-order valence-corrected chi connectivity index (χ3v) is 5.52. The number of amides is 2. The fourth-order valence-electron chi connectivity index (χ4n) is 2.80. The Bertz CT molecular complexity index is 1230. The number of rotatable bonds is 8. The van der Waals surface area contributed by atoms with Gasteiger partial charge in [-0.25, -0.2) is 5.43 Å². The van der Waals surface area contributed by atoms with Crippen LogP contribution in [0.2, 0.25) is 15.1 Å². The SMILES string of the molecule is COc1cc(/C=N/NC(=O)c2ccc(C)cc2)cc(Cl)c1OCC(=O)Nc1ccc(Cl)c(Cl)c1. The fraction of sp³-hybridized carbons (Fsp3) is 0.125. The first kappa shape index (κ1) is 25.4. The number of carbonyl (C=O) groups excluding carboxylic acids is 2. The van der Waals surface area contributed by atoms with Gasteiger partial charge < -0.3 is 14.8 Å². The molecular weight excluding hydrogens is 501 g/mol. The van der Waals surface area contributed by atoms with Crippen molar-refractivity contribution in [3.05, 3.63) is 86.4 Å². The second-order valence-corrected chi connectivity index (χ2v) is 8.29. The normalized spacial score (nSPS) is 10.7. The minimum Gasteiger partial charge on any atom is -0.493 e. The van der Waals surface area contributed by atoms with E-state index in [1.54, 1.807) is 36.4 Å². The molecule has 3 rings (SSSR count). The van der Waals surface area contributed by atoms with Gasteiger partial charge in [-0.15, -0.1) is 0 Å². The van der Waals surface area contributed by atoms with E-state index in [9.17, 15) is 9.59 Å². The number of nitrogens with zero attached hydrogens (tertiary/aromatic N) is 1. The molecule has 0 aliphatic heterocycles. The summed E-state index contributed by atoms with van der Waals surface area (Å²) in [5.41, 5.74) is 5.02. The highest BCUT2D eigenvalue weighted by molar-refractivity contribution is 6.42. The molecule has 0 aromatic heterocycles. The van der Waals surface area contributed by atoms with Gasteiger partial charge in [0.15, 0.2) is 18.1 Å². The van der Waals surface area contributed by atoms with Crippen molar-refractivity contribution in [2.75, 3.05) is 19.0 Å². The number of benzene rings is 3. The summed E-state index contributed by atoms with van der Waals surface area (Å²) >= 11 is 18.2. The number of hydrogen-bond acceptors (Lipinski definition) is 5. The van der Waals surface area contributed by atoms with E-state index in [1.807, 2.05) is 19.1 Å². The van der Waals surface area contributed by atoms with Gasteiger partial charge in [-0.05, 0) is 55.0 Å². The van der Waals surface area contributed by atoms with E-state index in [-0.39, 0.29) is 23.3 Å². The Hall–Kier alpha value is -3.26. The summed E-state index contributed by atoms with van der Waals surface area (Å²) in [6, 6.07) is 15.0. The standard InChI is InChI=1S/C24H20Cl3N3O4/c1-14-3-5-16(6-4-14)24(32)30-28-12-15-9-20(27)23(21(10-15)33-2)34-13-22(31)29-17-7-8-18(25)19(26)11-17/h3-12H,13H2,1-2H3,(H,29,31)(H,30,32)/b28-12+. The molecule has 0 atom stereocenters. The van der Waals surface area contributed by atoms with Crippen molar-refractivity contribution < 1.29 is 19.1 Å². The molecule has 0 heterocycles. The number of ether oxygens (including phenoxy) is 2. The Kier molecular flexibility index (Phi) is 8.76. The Morgan fingerprint density at radius 3 is 2.38 bits per heavy atom. The number of carbonyl (C=O) groups is 2. The average Bonchev–Trinajstić information content (AvgIpc) is 2.80. The Labute approximate surface area is 211 Å². The van der Waals surface area contributed by atoms with Gasteiger partial charge in [-0.2, -0.15) is 5.10 Å². The Morgan fingerprint density at radius 1 is 0.971 bits per heavy atom. The molecule has 0 unspecified atom stereocenters. The molecule has 7 nitrogen and oxygen atoms in total. The molecule has 2 N–H and O–H groups in total. The van der Waals surface area contributed by atoms with Gasteiger partial charge in [0, 0.05) is 11.3 Å². The van der Waals surface area contributed by atoms with Crippen LogP contribution in [0.25, 0.3) is 0 Å². The first-order valence-electron chi connectivity index (χ1n) is 9.92. The Morgan fingerprint density at radius 2 is 1.71 bits per heavy atom. The molecule has 0 saturated heterocycles. The summed E-state index contributed by atoms with van der Waals surface area (Å²) < 4.78 is 10.9. The van der Waals surface area contributed by atoms with Crippen LogP contribution in [-0.4, -0.2) is 31.7 Å². The molecule has 0 aliphatic rings. The number of methoxy groups -OCH3 is 1. The number of hydrazone groups is 1. The van der Waals surface area contributed by atoms with E-state index in [2.05, 4.69) is 15.8 Å². The zero-order valence-electron chi connectivity index (χ0n) is 18.2. The van der Waals surface area contributed by atoms with Gasteiger partial charge in [0.2, 0.25) is 0 Å². The molecule has 0 spiro atoms. The fourth-order valence-corrected chi connectivity index (χ4v) is 3.37. The van der Waals surface area contributed by atoms with Crippen LogP contribution in [0.3, 0.4) is 0 Å². The van der Waals surface area contributed by atoms with Crippen LogP contribution in [-0.2, 0) is 4.79 Å². The highest BCUT2D eigenvalue weighted by Crippen LogP contribution is 2.36. The first-order chi connectivity index (χ1) is 16.3. The summed E-state index contributed by atoms with van der Waals surface area (Å²) in [6.07, 6.45) is 1.42. The first-order valence-corrected chi connectivity index (χ1v) is 11.1. The molecular formula is C24H20Cl3N3O4. The number of aryl methyl sites for hydroxylation is 1. The van der Waals surface area contributed by atoms with Crippen LogP contribution in [0.4, 0.5) is 5.69 Å². The predicted molar refractivity (Wildman–Crippen MR) is 135 cm³/mol. The Balaban J connectivity index is 1.62. The molecule has 176 valence electrons. The van der Waals surface area contributed by atoms with Gasteiger partial charge in [-0.3, -0.25) is 9.59 Å². The van der Waals surface area contributed by atoms with Gasteiger partial charge in [0.1, 0.15) is 0 Å². The minimum absolute atomic E-state index is 0.189. The molecule has 0 fully saturated rings. The average molecular weight is 521 g/mol. The quantitative estimate of drug-likeness (QED) is 0.293. The number of anilines is 1. The van der Waals surface area contributed by atoms with Crippen molar-refractivity contribution in [2.45, 2.75) is 6.92 Å². The van der Waals surface area contributed by atoms with E-state index in [1.165, 1.54) is 19.4 Å². The van der Waals surface area contributed by atoms with Crippen molar-refractivity contribution in [3.63, 3.8) is 0 Å². The van der Waals surface area contributed by atoms with E-state index in [0.29, 0.717) is 32.6 Å². The zero-order valence-corrected chi connectivity index (χ0v) is 20.5. The predicted octanol–water partition coefficient (Wildman–Crippen LogP) is 5.75. The minimum atomic E-state index is -0.430. The lowest BCUT2D eigenvalue weighted by atomic mass is 10.1. The van der Waals surface area contributed by atoms with Crippen LogP contribution >= 0.6 is 34.8 Å². The largest absolute Gasteiger partial charge is 0.493 e. The van der Waals surface area contributed by atoms with E-state index >= 15 is 0 Å². The summed E-state index contributed by atoms with van der Waals surface area (Å²) in [7, 11) is 1.44. The lowest BCUT2D eigenvalue weighted by Crippen LogP contribution is -2.20. The van der Waals surface area contributed by atoms with Crippen LogP contribution in [0, 0.1) is 6.92 Å². The van der Waals surface area contributed by atoms with Gasteiger partial charge in [0.25, 0.3) is 11.8 Å². The van der Waals surface area contributed by atoms with Crippen LogP contribution in [0.5, 0.6) is 11.5 Å². The lowest BCUT2D eigenvalue weighted by Gasteiger charge is -2.13. The third-order valence-electron chi connectivity index (χ3n) is 4.50. The summed E-state index contributed by atoms with van der Waals surface area (Å²) in [5.74, 6) is -0.293. The van der Waals surface area contributed by atoms with Crippen LogP contribution in [0.1, 0.15) is 21.5 Å². The number of halogens is 3. The summed E-state index contributed by atoms with van der Waals surface area (Å²) in [5, 5.41) is 7.51. The van der Waals surface area contributed by atoms with Crippen LogP contribution in [0.15, 0.2) is 59.7 Å². The molecule has 3 aromatic carbocycles. The second kappa shape index (κ2) is 11.7. The molecule has 34 heavy (non-hydrogen) atoms. The van der Waals surface area contributed by atoms with E-state index < -0.39 is 5.91 Å². The van der Waals surface area contributed by atoms with Crippen molar-refractivity contribution in [1.29, 1.82) is 0 Å². The highest BCUT2D eigenvalue weighted by Gasteiger charge is 2.14. The maximum absolute atomic E-state index is 12.2. The lowest BCUT2D eigenvalue weighted by molar-refractivity contribution is -0.118. The maximum atomic E-state index is 12.2. The maximum Gasteiger partial charge on any atom is 0.271 e. The van der Waals surface area contributed by atoms with Crippen molar-refractivity contribution in [3.8, 4) is 11.5 Å². The van der Waals surface area contributed by atoms with Crippen LogP contribution < -0.4 is 20.2 Å². The molecule has 0 saturated carbocycles. The third kappa shape index (κ3) is 6.87. The second-order valence-electron chi connectivity index (χ2n) is 7.07. The molecule has 3 aromatic rings. The van der Waals surface area contributed by atoms with Gasteiger partial charge in [0.05, 0.1) is 28.4 Å². The number of nitrogens with one attached hydrogen (secondary N) is 2. The highest BCUT2D eigenvalue weighted by atomic mass is 35.5. The molecule has 2 amide bonds. The molecule has 0 bridgehead atoms. The molecule has 0 aliphatic carbocycles. The molecule has 0 radical (unpaired) electrons. The zero-order chi connectivity index (χ0) is 24.7. The van der Waals surface area contributed by atoms with Crippen molar-refractivity contribution >= 4 is 58.5 Å². The van der Waals surface area contributed by atoms with Gasteiger partial charge >= 0.3 is 0 Å². The van der Waals surface area contributed by atoms with E-state index in [4.69, 9.17) is 44.3 Å². The van der Waals surface area contributed by atoms with Crippen molar-refractivity contribution in [2.24, 2.45) is 5.10 Å². The van der Waals surface area contributed by atoms with E-state index in [0.717, 1.165) is 5.56 Å². The smallest absolute Gasteiger partial charge is 0.271 e. The van der Waals surface area contributed by atoms with Gasteiger partial charge in [-0.1, -0.05) is 52.5 Å². The summed E-state index contributed by atoms with van der Waals surface area (Å²) in [4.78, 5) is 24.4. The monoisotopic (exact) mass is 519 g/mol. The summed E-state index contributed by atoms with van der Waals surface area (Å²) in [6.45, 7) is 1.61. The van der Waals surface area contributed by atoms with Crippen molar-refractivity contribution in [1.82, 2.24) is 5.43 Å². The molecule has 10 heteroatoms. The topological polar surface area (TPSA) is 89.0 Å².